The van der Waals surface area contributed by atoms with E-state index in [-0.39, 0.29) is 5.91 Å². The maximum Gasteiger partial charge on any atom is 0.257 e. The number of rotatable bonds is 6. The molecule has 0 atom stereocenters. The zero-order chi connectivity index (χ0) is 18.8. The van der Waals surface area contributed by atoms with Crippen molar-refractivity contribution < 1.29 is 4.79 Å². The lowest BCUT2D eigenvalue weighted by Gasteiger charge is -2.34. The van der Waals surface area contributed by atoms with Gasteiger partial charge in [0, 0.05) is 32.1 Å². The number of para-hydroxylation sites is 1. The molecule has 5 heteroatoms. The first-order chi connectivity index (χ1) is 13.2. The van der Waals surface area contributed by atoms with Gasteiger partial charge in [-0.15, -0.1) is 0 Å². The van der Waals surface area contributed by atoms with Gasteiger partial charge in [0.05, 0.1) is 22.6 Å². The summed E-state index contributed by atoms with van der Waals surface area (Å²) < 4.78 is 2.03. The minimum atomic E-state index is 0.193. The van der Waals surface area contributed by atoms with Crippen LogP contribution in [0.15, 0.2) is 30.3 Å². The second-order valence-corrected chi connectivity index (χ2v) is 7.71. The lowest BCUT2D eigenvalue weighted by molar-refractivity contribution is 0.0641. The molecule has 0 unspecified atom stereocenters. The predicted molar refractivity (Wildman–Crippen MR) is 108 cm³/mol. The van der Waals surface area contributed by atoms with E-state index in [4.69, 9.17) is 5.10 Å². The number of benzene rings is 1. The van der Waals surface area contributed by atoms with E-state index in [1.165, 1.54) is 0 Å². The van der Waals surface area contributed by atoms with Gasteiger partial charge in [0.15, 0.2) is 0 Å². The molecule has 1 aliphatic heterocycles. The van der Waals surface area contributed by atoms with Gasteiger partial charge in [0.2, 0.25) is 0 Å². The quantitative estimate of drug-likeness (QED) is 0.786. The number of piperazine rings is 1. The van der Waals surface area contributed by atoms with Gasteiger partial charge < -0.3 is 9.80 Å². The van der Waals surface area contributed by atoms with Crippen LogP contribution in [0.25, 0.3) is 5.69 Å². The van der Waals surface area contributed by atoms with Crippen LogP contribution >= 0.6 is 0 Å². The molecule has 0 spiro atoms. The maximum atomic E-state index is 13.5. The van der Waals surface area contributed by atoms with Crippen LogP contribution in [-0.2, 0) is 6.42 Å². The fourth-order valence-corrected chi connectivity index (χ4v) is 4.02. The van der Waals surface area contributed by atoms with Crippen molar-refractivity contribution in [2.75, 3.05) is 32.7 Å². The van der Waals surface area contributed by atoms with Gasteiger partial charge in [-0.05, 0) is 37.9 Å². The Hall–Kier alpha value is -2.14. The zero-order valence-electron chi connectivity index (χ0n) is 16.5. The molecule has 1 saturated carbocycles. The Labute approximate surface area is 162 Å². The molecular formula is C22H30N4O. The summed E-state index contributed by atoms with van der Waals surface area (Å²) in [4.78, 5) is 18.0. The van der Waals surface area contributed by atoms with Gasteiger partial charge in [-0.2, -0.15) is 5.10 Å². The van der Waals surface area contributed by atoms with E-state index in [0.717, 1.165) is 81.0 Å². The molecule has 1 aromatic heterocycles. The van der Waals surface area contributed by atoms with E-state index in [1.807, 2.05) is 27.8 Å². The van der Waals surface area contributed by atoms with Crippen molar-refractivity contribution in [3.63, 3.8) is 0 Å². The lowest BCUT2D eigenvalue weighted by atomic mass is 10.0. The average Bonchev–Trinajstić information content (AvgIpc) is 3.50. The van der Waals surface area contributed by atoms with Crippen molar-refractivity contribution in [3.05, 3.63) is 47.3 Å². The fraction of sp³-hybridized carbons (Fsp3) is 0.545. The summed E-state index contributed by atoms with van der Waals surface area (Å²) in [6.45, 7) is 8.99. The minimum absolute atomic E-state index is 0.193. The number of carbonyl (C=O) groups excluding carboxylic acids is 1. The number of nitrogens with zero attached hydrogens (tertiary/aromatic N) is 4. The largest absolute Gasteiger partial charge is 0.336 e. The van der Waals surface area contributed by atoms with Gasteiger partial charge in [0.1, 0.15) is 0 Å². The second-order valence-electron chi connectivity index (χ2n) is 7.71. The smallest absolute Gasteiger partial charge is 0.257 e. The van der Waals surface area contributed by atoms with E-state index in [0.29, 0.717) is 5.92 Å². The van der Waals surface area contributed by atoms with Crippen molar-refractivity contribution in [1.29, 1.82) is 0 Å². The summed E-state index contributed by atoms with van der Waals surface area (Å²) in [5.74, 6) is 0.653. The van der Waals surface area contributed by atoms with Gasteiger partial charge in [-0.3, -0.25) is 4.79 Å². The Morgan fingerprint density at radius 3 is 2.37 bits per heavy atom. The van der Waals surface area contributed by atoms with Gasteiger partial charge >= 0.3 is 0 Å². The van der Waals surface area contributed by atoms with E-state index < -0.39 is 0 Å². The number of aromatic nitrogens is 2. The third-order valence-electron chi connectivity index (χ3n) is 5.78. The molecule has 4 rings (SSSR count). The molecule has 2 aromatic rings. The molecule has 2 aliphatic rings. The first-order valence-corrected chi connectivity index (χ1v) is 10.4. The molecule has 2 fully saturated rings. The van der Waals surface area contributed by atoms with E-state index in [9.17, 15) is 4.79 Å². The molecule has 0 N–H and O–H groups in total. The third-order valence-corrected chi connectivity index (χ3v) is 5.78. The summed E-state index contributed by atoms with van der Waals surface area (Å²) in [5.41, 5.74) is 4.07. The summed E-state index contributed by atoms with van der Waals surface area (Å²) in [5, 5.41) is 4.97. The van der Waals surface area contributed by atoms with Crippen LogP contribution in [0.1, 0.15) is 60.8 Å². The molecule has 1 amide bonds. The van der Waals surface area contributed by atoms with Crippen LogP contribution in [0.4, 0.5) is 0 Å². The highest BCUT2D eigenvalue weighted by molar-refractivity contribution is 5.97. The van der Waals surface area contributed by atoms with Gasteiger partial charge in [-0.1, -0.05) is 38.5 Å². The first kappa shape index (κ1) is 18.2. The molecule has 1 aromatic carbocycles. The Balaban J connectivity index is 1.72. The van der Waals surface area contributed by atoms with Crippen LogP contribution in [-0.4, -0.2) is 58.2 Å². The molecule has 144 valence electrons. The molecule has 1 saturated heterocycles. The predicted octanol–water partition coefficient (Wildman–Crippen LogP) is 3.48. The van der Waals surface area contributed by atoms with Gasteiger partial charge in [0.25, 0.3) is 5.91 Å². The third kappa shape index (κ3) is 3.65. The normalized spacial score (nSPS) is 18.1. The first-order valence-electron chi connectivity index (χ1n) is 10.4. The van der Waals surface area contributed by atoms with Crippen molar-refractivity contribution in [2.45, 2.75) is 45.4 Å². The van der Waals surface area contributed by atoms with Crippen molar-refractivity contribution >= 4 is 5.91 Å². The highest BCUT2D eigenvalue weighted by atomic mass is 16.2. The van der Waals surface area contributed by atoms with Crippen LogP contribution < -0.4 is 0 Å². The second kappa shape index (κ2) is 7.85. The van der Waals surface area contributed by atoms with Crippen LogP contribution in [0.3, 0.4) is 0 Å². The fourth-order valence-electron chi connectivity index (χ4n) is 4.02. The number of amides is 1. The van der Waals surface area contributed by atoms with Gasteiger partial charge in [-0.25, -0.2) is 4.68 Å². The Bertz CT molecular complexity index is 786. The zero-order valence-corrected chi connectivity index (χ0v) is 16.5. The van der Waals surface area contributed by atoms with Crippen molar-refractivity contribution in [3.8, 4) is 5.69 Å². The van der Waals surface area contributed by atoms with E-state index in [2.05, 4.69) is 30.9 Å². The summed E-state index contributed by atoms with van der Waals surface area (Å²) in [7, 11) is 0. The highest BCUT2D eigenvalue weighted by Gasteiger charge is 2.36. The molecule has 5 nitrogen and oxygen atoms in total. The molecule has 0 bridgehead atoms. The summed E-state index contributed by atoms with van der Waals surface area (Å²) in [6, 6.07) is 10.3. The maximum absolute atomic E-state index is 13.5. The van der Waals surface area contributed by atoms with Crippen LogP contribution in [0, 0.1) is 0 Å². The monoisotopic (exact) mass is 366 g/mol. The molecule has 27 heavy (non-hydrogen) atoms. The van der Waals surface area contributed by atoms with E-state index in [1.54, 1.807) is 0 Å². The topological polar surface area (TPSA) is 41.4 Å². The number of likely N-dealkylation sites (N-methyl/N-ethyl adjacent to an activating group) is 1. The Morgan fingerprint density at radius 2 is 1.78 bits per heavy atom. The summed E-state index contributed by atoms with van der Waals surface area (Å²) >= 11 is 0. The molecule has 0 radical (unpaired) electrons. The standard InChI is InChI=1S/C22H30N4O/c1-3-8-19-20(22(27)25-15-13-24(4-2)14-16-25)21(17-11-12-17)23-26(19)18-9-6-5-7-10-18/h5-7,9-10,17H,3-4,8,11-16H2,1-2H3. The Kier molecular flexibility index (Phi) is 5.30. The van der Waals surface area contributed by atoms with E-state index >= 15 is 0 Å². The number of hydrogen-bond acceptors (Lipinski definition) is 3. The SMILES string of the molecule is CCCc1c(C(=O)N2CCN(CC)CC2)c(C2CC2)nn1-c1ccccc1. The number of hydrogen-bond donors (Lipinski definition) is 0. The Morgan fingerprint density at radius 1 is 1.07 bits per heavy atom. The molecule has 1 aliphatic carbocycles. The van der Waals surface area contributed by atoms with Crippen LogP contribution in [0.5, 0.6) is 0 Å². The molecular weight excluding hydrogens is 336 g/mol. The lowest BCUT2D eigenvalue weighted by Crippen LogP contribution is -2.48. The highest BCUT2D eigenvalue weighted by Crippen LogP contribution is 2.42. The average molecular weight is 367 g/mol. The minimum Gasteiger partial charge on any atom is -0.336 e. The summed E-state index contributed by atoms with van der Waals surface area (Å²) in [6.07, 6.45) is 4.19. The van der Waals surface area contributed by atoms with Crippen molar-refractivity contribution in [1.82, 2.24) is 19.6 Å². The van der Waals surface area contributed by atoms with Crippen molar-refractivity contribution in [2.24, 2.45) is 0 Å². The van der Waals surface area contributed by atoms with Crippen LogP contribution in [0.2, 0.25) is 0 Å². The number of carbonyl (C=O) groups is 1. The molecule has 2 heterocycles.